The van der Waals surface area contributed by atoms with Crippen LogP contribution in [-0.4, -0.2) is 5.84 Å². The molecule has 1 aliphatic rings. The lowest BCUT2D eigenvalue weighted by molar-refractivity contribution is 0.500. The Hall–Kier alpha value is -5.69. The molecule has 6 heteroatoms. The predicted octanol–water partition coefficient (Wildman–Crippen LogP) is 11.6. The molecule has 0 amide bonds. The standard InChI is InChI=1S/C45H35N3O2S/c46-44(37-17-9-15-35-33-13-5-7-19-41(33)51-43(35)37)48-45(47-26-27-10-2-1-3-11-27)36-16-8-14-34-32-23-21-29(25-40(32)50-42(34)36)28-20-22-31-30-12-4-6-18-38(30)49-39(31)24-28/h1-4,6,8-12,14-18,20-25,45,47H,5,7,13,19,26H2,(H2,46,48). The van der Waals surface area contributed by atoms with Gasteiger partial charge in [-0.2, -0.15) is 0 Å². The summed E-state index contributed by atoms with van der Waals surface area (Å²) in [6.45, 7) is 0.633. The second kappa shape index (κ2) is 12.3. The lowest BCUT2D eigenvalue weighted by atomic mass is 9.95. The van der Waals surface area contributed by atoms with Crippen molar-refractivity contribution in [1.29, 1.82) is 5.41 Å². The van der Waals surface area contributed by atoms with Crippen LogP contribution in [0, 0.1) is 5.41 Å². The molecule has 0 bridgehead atoms. The third-order valence-electron chi connectivity index (χ3n) is 10.4. The highest BCUT2D eigenvalue weighted by Gasteiger charge is 2.23. The van der Waals surface area contributed by atoms with Gasteiger partial charge in [0.1, 0.15) is 34.3 Å². The van der Waals surface area contributed by atoms with Gasteiger partial charge in [-0.1, -0.05) is 91.0 Å². The smallest absolute Gasteiger partial charge is 0.142 e. The summed E-state index contributed by atoms with van der Waals surface area (Å²) in [5.74, 6) is 0.404. The Morgan fingerprint density at radius 2 is 1.33 bits per heavy atom. The molecule has 248 valence electrons. The molecule has 5 nitrogen and oxygen atoms in total. The quantitative estimate of drug-likeness (QED) is 0.0889. The molecule has 3 aromatic heterocycles. The van der Waals surface area contributed by atoms with E-state index in [0.717, 1.165) is 79.0 Å². The highest BCUT2D eigenvalue weighted by Crippen LogP contribution is 2.40. The SMILES string of the molecule is N=C(NC(NCc1ccccc1)c1cccc2c1oc1cc(-c3ccc4c(c3)oc3ccccc34)ccc12)c1cccc2c3c(sc12)CCCC3. The number of hydrogen-bond donors (Lipinski definition) is 3. The van der Waals surface area contributed by atoms with E-state index >= 15 is 0 Å². The number of amidine groups is 1. The highest BCUT2D eigenvalue weighted by molar-refractivity contribution is 7.19. The molecule has 1 aliphatic carbocycles. The van der Waals surface area contributed by atoms with Gasteiger partial charge in [0.25, 0.3) is 0 Å². The maximum atomic E-state index is 9.43. The fourth-order valence-corrected chi connectivity index (χ4v) is 9.30. The van der Waals surface area contributed by atoms with E-state index in [9.17, 15) is 5.41 Å². The van der Waals surface area contributed by atoms with Gasteiger partial charge in [-0.05, 0) is 89.7 Å². The summed E-state index contributed by atoms with van der Waals surface area (Å²) in [7, 11) is 0. The Bertz CT molecular complexity index is 2770. The maximum Gasteiger partial charge on any atom is 0.142 e. The summed E-state index contributed by atoms with van der Waals surface area (Å²) in [5, 5.41) is 22.4. The van der Waals surface area contributed by atoms with Crippen molar-refractivity contribution in [3.05, 3.63) is 155 Å². The minimum atomic E-state index is -0.373. The monoisotopic (exact) mass is 681 g/mol. The number of hydrogen-bond acceptors (Lipinski definition) is 5. The van der Waals surface area contributed by atoms with E-state index in [1.165, 1.54) is 38.9 Å². The number of nitrogens with one attached hydrogen (secondary N) is 3. The van der Waals surface area contributed by atoms with Gasteiger partial charge in [0.05, 0.1) is 0 Å². The number of benzene rings is 6. The minimum Gasteiger partial charge on any atom is -0.456 e. The van der Waals surface area contributed by atoms with Crippen LogP contribution in [0.5, 0.6) is 0 Å². The Morgan fingerprint density at radius 1 is 0.647 bits per heavy atom. The van der Waals surface area contributed by atoms with Crippen molar-refractivity contribution in [1.82, 2.24) is 10.6 Å². The first-order chi connectivity index (χ1) is 25.2. The molecule has 0 spiro atoms. The second-order valence-electron chi connectivity index (χ2n) is 13.6. The highest BCUT2D eigenvalue weighted by atomic mass is 32.1. The van der Waals surface area contributed by atoms with Gasteiger partial charge in [-0.25, -0.2) is 0 Å². The first kappa shape index (κ1) is 30.2. The fourth-order valence-electron chi connectivity index (χ4n) is 7.89. The summed E-state index contributed by atoms with van der Waals surface area (Å²) in [6.07, 6.45) is 4.38. The van der Waals surface area contributed by atoms with Crippen LogP contribution in [0.2, 0.25) is 0 Å². The molecule has 1 atom stereocenters. The number of fused-ring (bicyclic) bond motifs is 9. The fraction of sp³-hybridized carbons (Fsp3) is 0.133. The molecule has 3 heterocycles. The van der Waals surface area contributed by atoms with Crippen LogP contribution in [-0.2, 0) is 19.4 Å². The lowest BCUT2D eigenvalue weighted by Crippen LogP contribution is -2.38. The van der Waals surface area contributed by atoms with Crippen molar-refractivity contribution >= 4 is 71.1 Å². The van der Waals surface area contributed by atoms with Crippen molar-refractivity contribution in [3.63, 3.8) is 0 Å². The van der Waals surface area contributed by atoms with Gasteiger partial charge in [-0.3, -0.25) is 10.7 Å². The second-order valence-corrected chi connectivity index (χ2v) is 14.7. The Kier molecular flexibility index (Phi) is 7.26. The molecule has 9 aromatic rings. The topological polar surface area (TPSA) is 74.2 Å². The number of furan rings is 2. The third-order valence-corrected chi connectivity index (χ3v) is 11.8. The van der Waals surface area contributed by atoms with Crippen molar-refractivity contribution in [3.8, 4) is 11.1 Å². The summed E-state index contributed by atoms with van der Waals surface area (Å²) >= 11 is 1.87. The summed E-state index contributed by atoms with van der Waals surface area (Å²) in [4.78, 5) is 1.49. The molecule has 1 unspecified atom stereocenters. The van der Waals surface area contributed by atoms with Crippen LogP contribution >= 0.6 is 11.3 Å². The Labute approximate surface area is 299 Å². The molecule has 51 heavy (non-hydrogen) atoms. The Morgan fingerprint density at radius 3 is 2.20 bits per heavy atom. The van der Waals surface area contributed by atoms with E-state index in [1.54, 1.807) is 0 Å². The van der Waals surface area contributed by atoms with Crippen molar-refractivity contribution in [2.24, 2.45) is 0 Å². The third kappa shape index (κ3) is 5.22. The van der Waals surface area contributed by atoms with Crippen LogP contribution in [0.15, 0.2) is 136 Å². The van der Waals surface area contributed by atoms with Gasteiger partial charge < -0.3 is 14.2 Å². The van der Waals surface area contributed by atoms with E-state index in [1.807, 2.05) is 35.6 Å². The average molecular weight is 682 g/mol. The molecule has 6 aromatic carbocycles. The zero-order chi connectivity index (χ0) is 33.9. The zero-order valence-electron chi connectivity index (χ0n) is 28.0. The maximum absolute atomic E-state index is 9.43. The molecule has 0 aliphatic heterocycles. The molecule has 3 N–H and O–H groups in total. The minimum absolute atomic E-state index is 0.373. The van der Waals surface area contributed by atoms with E-state index in [0.29, 0.717) is 12.4 Å². The van der Waals surface area contributed by atoms with Crippen LogP contribution < -0.4 is 10.6 Å². The molecule has 10 rings (SSSR count). The van der Waals surface area contributed by atoms with Crippen LogP contribution in [0.25, 0.3) is 65.1 Å². The molecule has 0 saturated carbocycles. The van der Waals surface area contributed by atoms with E-state index < -0.39 is 0 Å². The molecule has 0 saturated heterocycles. The summed E-state index contributed by atoms with van der Waals surface area (Å²) in [6, 6.07) is 44.2. The molecular formula is C45H35N3O2S. The number of aryl methyl sites for hydroxylation is 2. The van der Waals surface area contributed by atoms with Gasteiger partial charge >= 0.3 is 0 Å². The zero-order valence-corrected chi connectivity index (χ0v) is 28.8. The van der Waals surface area contributed by atoms with Crippen molar-refractivity contribution < 1.29 is 8.83 Å². The van der Waals surface area contributed by atoms with Gasteiger partial charge in [0, 0.05) is 48.8 Å². The number of rotatable bonds is 7. The average Bonchev–Trinajstić information content (AvgIpc) is 3.87. The van der Waals surface area contributed by atoms with Crippen LogP contribution in [0.4, 0.5) is 0 Å². The molecular weight excluding hydrogens is 647 g/mol. The number of thiophene rings is 1. The first-order valence-corrected chi connectivity index (χ1v) is 18.5. The van der Waals surface area contributed by atoms with E-state index in [-0.39, 0.29) is 6.17 Å². The van der Waals surface area contributed by atoms with Gasteiger partial charge in [-0.15, -0.1) is 11.3 Å². The number of para-hydroxylation sites is 2. The van der Waals surface area contributed by atoms with E-state index in [4.69, 9.17) is 8.83 Å². The first-order valence-electron chi connectivity index (χ1n) is 17.7. The molecule has 0 radical (unpaired) electrons. The normalized spacial score (nSPS) is 13.7. The van der Waals surface area contributed by atoms with E-state index in [2.05, 4.69) is 114 Å². The van der Waals surface area contributed by atoms with Crippen LogP contribution in [0.1, 0.15) is 46.1 Å². The van der Waals surface area contributed by atoms with Gasteiger partial charge in [0.2, 0.25) is 0 Å². The summed E-state index contributed by atoms with van der Waals surface area (Å²) in [5.41, 5.74) is 10.1. The van der Waals surface area contributed by atoms with Crippen molar-refractivity contribution in [2.75, 3.05) is 0 Å². The molecule has 0 fully saturated rings. The Balaban J connectivity index is 1.04. The predicted molar refractivity (Wildman–Crippen MR) is 211 cm³/mol. The van der Waals surface area contributed by atoms with Crippen LogP contribution in [0.3, 0.4) is 0 Å². The summed E-state index contributed by atoms with van der Waals surface area (Å²) < 4.78 is 14.2. The van der Waals surface area contributed by atoms with Crippen molar-refractivity contribution in [2.45, 2.75) is 38.4 Å². The lowest BCUT2D eigenvalue weighted by Gasteiger charge is -2.23. The largest absolute Gasteiger partial charge is 0.456 e. The van der Waals surface area contributed by atoms with Gasteiger partial charge in [0.15, 0.2) is 0 Å².